The average molecular weight is 382 g/mol. The third-order valence-electron chi connectivity index (χ3n) is 4.29. The Labute approximate surface area is 160 Å². The van der Waals surface area contributed by atoms with E-state index >= 15 is 0 Å². The van der Waals surface area contributed by atoms with Crippen molar-refractivity contribution in [3.8, 4) is 27.6 Å². The largest absolute Gasteiger partial charge is 0.382 e. The number of anilines is 1. The van der Waals surface area contributed by atoms with Crippen LogP contribution in [0, 0.1) is 13.8 Å². The summed E-state index contributed by atoms with van der Waals surface area (Å²) in [4.78, 5) is 4.71. The van der Waals surface area contributed by atoms with Crippen LogP contribution >= 0.6 is 22.9 Å². The van der Waals surface area contributed by atoms with Crippen molar-refractivity contribution in [1.29, 1.82) is 0 Å². The van der Waals surface area contributed by atoms with Crippen LogP contribution in [0.3, 0.4) is 0 Å². The molecule has 0 saturated heterocycles. The zero-order valence-electron chi connectivity index (χ0n) is 14.3. The normalized spacial score (nSPS) is 11.0. The zero-order valence-corrected chi connectivity index (χ0v) is 15.8. The lowest BCUT2D eigenvalue weighted by Gasteiger charge is -2.03. The van der Waals surface area contributed by atoms with Crippen molar-refractivity contribution in [3.05, 3.63) is 64.0 Å². The summed E-state index contributed by atoms with van der Waals surface area (Å²) in [5.74, 6) is 0.452. The Morgan fingerprint density at radius 1 is 1.04 bits per heavy atom. The molecule has 0 amide bonds. The first-order valence-electron chi connectivity index (χ1n) is 8.03. The fourth-order valence-electron chi connectivity index (χ4n) is 2.63. The number of hydrogen-bond donors (Lipinski definition) is 1. The Morgan fingerprint density at radius 2 is 1.81 bits per heavy atom. The molecular weight excluding hydrogens is 366 g/mol. The van der Waals surface area contributed by atoms with Gasteiger partial charge in [-0.05, 0) is 55.3 Å². The molecule has 4 aromatic rings. The molecule has 0 fully saturated rings. The van der Waals surface area contributed by atoms with Crippen molar-refractivity contribution in [2.75, 3.05) is 5.73 Å². The Morgan fingerprint density at radius 3 is 2.54 bits per heavy atom. The van der Waals surface area contributed by atoms with Crippen LogP contribution in [0.4, 0.5) is 5.82 Å². The van der Waals surface area contributed by atoms with Crippen LogP contribution in [0.2, 0.25) is 5.02 Å². The van der Waals surface area contributed by atoms with Crippen LogP contribution in [-0.2, 0) is 0 Å². The molecule has 2 heterocycles. The summed E-state index contributed by atoms with van der Waals surface area (Å²) in [7, 11) is 0. The van der Waals surface area contributed by atoms with Crippen LogP contribution in [0.1, 0.15) is 11.1 Å². The molecule has 2 aromatic carbocycles. The van der Waals surface area contributed by atoms with Gasteiger partial charge >= 0.3 is 0 Å². The molecule has 0 saturated carbocycles. The number of nitrogens with zero attached hydrogens (tertiary/aromatic N) is 4. The second kappa shape index (κ2) is 6.55. The van der Waals surface area contributed by atoms with Crippen molar-refractivity contribution < 1.29 is 0 Å². The number of thiazole rings is 1. The molecule has 2 N–H and O–H groups in total. The molecule has 130 valence electrons. The van der Waals surface area contributed by atoms with Gasteiger partial charge in [0.05, 0.1) is 11.4 Å². The lowest BCUT2D eigenvalue weighted by Crippen LogP contribution is -2.02. The number of rotatable bonds is 3. The van der Waals surface area contributed by atoms with E-state index in [4.69, 9.17) is 22.3 Å². The summed E-state index contributed by atoms with van der Waals surface area (Å²) >= 11 is 7.44. The Kier molecular flexibility index (Phi) is 4.22. The predicted octanol–water partition coefficient (Wildman–Crippen LogP) is 4.91. The van der Waals surface area contributed by atoms with Crippen LogP contribution in [-0.4, -0.2) is 20.0 Å². The molecule has 0 aliphatic carbocycles. The van der Waals surface area contributed by atoms with Gasteiger partial charge < -0.3 is 5.73 Å². The summed E-state index contributed by atoms with van der Waals surface area (Å²) in [6, 6.07) is 13.6. The zero-order chi connectivity index (χ0) is 18.3. The van der Waals surface area contributed by atoms with Crippen LogP contribution < -0.4 is 5.73 Å². The average Bonchev–Trinajstić information content (AvgIpc) is 3.25. The first-order valence-corrected chi connectivity index (χ1v) is 9.29. The smallest absolute Gasteiger partial charge is 0.165 e. The molecule has 0 aliphatic rings. The van der Waals surface area contributed by atoms with E-state index in [9.17, 15) is 0 Å². The summed E-state index contributed by atoms with van der Waals surface area (Å²) in [6.45, 7) is 4.20. The van der Waals surface area contributed by atoms with Gasteiger partial charge in [-0.15, -0.1) is 16.4 Å². The molecule has 0 aliphatic heterocycles. The molecule has 0 bridgehead atoms. The first kappa shape index (κ1) is 16.8. The predicted molar refractivity (Wildman–Crippen MR) is 107 cm³/mol. The molecule has 5 nitrogen and oxygen atoms in total. The molecule has 0 spiro atoms. The molecule has 0 radical (unpaired) electrons. The lowest BCUT2D eigenvalue weighted by atomic mass is 10.1. The van der Waals surface area contributed by atoms with Crippen molar-refractivity contribution >= 4 is 28.8 Å². The minimum Gasteiger partial charge on any atom is -0.382 e. The maximum atomic E-state index is 6.27. The highest BCUT2D eigenvalue weighted by Crippen LogP contribution is 2.32. The molecular formula is C19H16ClN5S. The molecule has 0 atom stereocenters. The molecule has 7 heteroatoms. The lowest BCUT2D eigenvalue weighted by molar-refractivity contribution is 0.810. The van der Waals surface area contributed by atoms with Crippen LogP contribution in [0.5, 0.6) is 0 Å². The minimum atomic E-state index is 0.452. The van der Waals surface area contributed by atoms with Crippen LogP contribution in [0.25, 0.3) is 27.6 Å². The number of nitrogens with two attached hydrogens (primary N) is 1. The number of aryl methyl sites for hydroxylation is 2. The van der Waals surface area contributed by atoms with Crippen LogP contribution in [0.15, 0.2) is 47.8 Å². The maximum Gasteiger partial charge on any atom is 0.165 e. The number of aromatic nitrogens is 4. The first-order chi connectivity index (χ1) is 12.5. The monoisotopic (exact) mass is 381 g/mol. The Bertz CT molecular complexity index is 1080. The van der Waals surface area contributed by atoms with Gasteiger partial charge in [-0.3, -0.25) is 0 Å². The van der Waals surface area contributed by atoms with Crippen molar-refractivity contribution in [2.45, 2.75) is 13.8 Å². The topological polar surface area (TPSA) is 69.6 Å². The molecule has 0 unspecified atom stereocenters. The van der Waals surface area contributed by atoms with Gasteiger partial charge in [0.1, 0.15) is 5.01 Å². The summed E-state index contributed by atoms with van der Waals surface area (Å²) in [6.07, 6.45) is 0. The second-order valence-electron chi connectivity index (χ2n) is 6.05. The third kappa shape index (κ3) is 2.98. The van der Waals surface area contributed by atoms with Gasteiger partial charge in [0, 0.05) is 16.0 Å². The van der Waals surface area contributed by atoms with Gasteiger partial charge in [-0.1, -0.05) is 28.9 Å². The molecule has 26 heavy (non-hydrogen) atoms. The highest BCUT2D eigenvalue weighted by atomic mass is 35.5. The minimum absolute atomic E-state index is 0.452. The highest BCUT2D eigenvalue weighted by molar-refractivity contribution is 7.13. The number of halogens is 1. The molecule has 4 rings (SSSR count). The number of hydrogen-bond acceptors (Lipinski definition) is 5. The van der Waals surface area contributed by atoms with Gasteiger partial charge in [-0.25, -0.2) is 4.98 Å². The van der Waals surface area contributed by atoms with E-state index in [-0.39, 0.29) is 0 Å². The van der Waals surface area contributed by atoms with E-state index in [2.05, 4.69) is 42.4 Å². The van der Waals surface area contributed by atoms with Crippen molar-refractivity contribution in [3.63, 3.8) is 0 Å². The van der Waals surface area contributed by atoms with Crippen molar-refractivity contribution in [1.82, 2.24) is 20.0 Å². The SMILES string of the molecule is Cc1ccc(-c2csc(-c3nnn(-c4ccc(Cl)cc4)c3N)n2)cc1C. The Balaban J connectivity index is 1.70. The van der Waals surface area contributed by atoms with Gasteiger partial charge in [0.25, 0.3) is 0 Å². The van der Waals surface area contributed by atoms with E-state index in [1.54, 1.807) is 16.8 Å². The maximum absolute atomic E-state index is 6.27. The van der Waals surface area contributed by atoms with Gasteiger partial charge in [0.2, 0.25) is 0 Å². The van der Waals surface area contributed by atoms with E-state index in [0.717, 1.165) is 22.0 Å². The third-order valence-corrected chi connectivity index (χ3v) is 5.39. The Hall–Kier alpha value is -2.70. The fourth-order valence-corrected chi connectivity index (χ4v) is 3.58. The molecule has 2 aromatic heterocycles. The van der Waals surface area contributed by atoms with Gasteiger partial charge in [0.15, 0.2) is 11.5 Å². The van der Waals surface area contributed by atoms with E-state index in [0.29, 0.717) is 16.5 Å². The standard InChI is InChI=1S/C19H16ClN5S/c1-11-3-4-13(9-12(11)2)16-10-26-19(22-16)17-18(21)25(24-23-17)15-7-5-14(20)6-8-15/h3-10H,21H2,1-2H3. The van der Waals surface area contributed by atoms with E-state index in [1.807, 2.05) is 17.5 Å². The second-order valence-corrected chi connectivity index (χ2v) is 7.34. The van der Waals surface area contributed by atoms with Crippen molar-refractivity contribution in [2.24, 2.45) is 0 Å². The highest BCUT2D eigenvalue weighted by Gasteiger charge is 2.17. The van der Waals surface area contributed by atoms with E-state index < -0.39 is 0 Å². The quantitative estimate of drug-likeness (QED) is 0.547. The summed E-state index contributed by atoms with van der Waals surface area (Å²) in [5.41, 5.74) is 12.2. The van der Waals surface area contributed by atoms with Gasteiger partial charge in [-0.2, -0.15) is 4.68 Å². The summed E-state index contributed by atoms with van der Waals surface area (Å²) < 4.78 is 1.59. The number of nitrogen functional groups attached to an aromatic ring is 1. The summed E-state index contributed by atoms with van der Waals surface area (Å²) in [5, 5.41) is 11.8. The van der Waals surface area contributed by atoms with E-state index in [1.165, 1.54) is 22.5 Å². The number of benzene rings is 2. The fraction of sp³-hybridized carbons (Fsp3) is 0.105.